The Kier molecular flexibility index (Phi) is 17.8. The van der Waals surface area contributed by atoms with Crippen molar-refractivity contribution < 1.29 is 14.2 Å². The van der Waals surface area contributed by atoms with Crippen molar-refractivity contribution in [3.05, 3.63) is 448 Å². The van der Waals surface area contributed by atoms with Gasteiger partial charge in [-0.3, -0.25) is 13.7 Å². The molecule has 0 amide bonds. The van der Waals surface area contributed by atoms with Gasteiger partial charge in [-0.25, -0.2) is 15.0 Å². The highest BCUT2D eigenvalue weighted by Crippen LogP contribution is 2.53. The first-order valence-corrected chi connectivity index (χ1v) is 45.3. The number of benzene rings is 22. The zero-order chi connectivity index (χ0) is 88.0. The normalized spacial score (nSPS) is 12.1. The van der Waals surface area contributed by atoms with Gasteiger partial charge in [-0.05, 0) is 287 Å². The SMILES string of the molecule is Cc1nc2cccc3c2n1-c1ccc(-c2c4ccccc4c(-c4ccc5ccccc5c4)c4ccc(-c5ccccc5)cc24)cc1O3.Cc1nc2cccc3c2n1-c1ccc(-c2ccc(-c4c5ccccc5c(-c5ccccc5)c5ccccc45)cc2)cc1O3.Cc1nc2cccc3c2n1-c1ccc(-c2cccc(-c4c5ccccc5c(-c5ccccc5)c5ccccc45)c2)cc1O3. The molecule has 25 aromatic rings. The summed E-state index contributed by atoms with van der Waals surface area (Å²) in [7, 11) is 0. The number of nitrogens with zero attached hydrogens (tertiary/aromatic N) is 6. The molecule has 22 aromatic carbocycles. The number of fused-ring (bicyclic) bond motifs is 13. The highest BCUT2D eigenvalue weighted by molar-refractivity contribution is 6.25. The number of hydrogen-bond donors (Lipinski definition) is 0. The maximum atomic E-state index is 6.62. The highest BCUT2D eigenvalue weighted by atomic mass is 16.5. The van der Waals surface area contributed by atoms with E-state index in [4.69, 9.17) is 29.2 Å². The van der Waals surface area contributed by atoms with Crippen LogP contribution in [0, 0.1) is 20.8 Å². The number of imidazole rings is 3. The quantitative estimate of drug-likeness (QED) is 0.134. The molecule has 624 valence electrons. The van der Waals surface area contributed by atoms with Gasteiger partial charge in [0.2, 0.25) is 0 Å². The Labute approximate surface area is 766 Å². The number of aromatic nitrogens is 6. The standard InChI is InChI=1S/C44H28N2O.2C40H26N2O/c1-27-45-38-16-9-17-40-44(38)46(27)39-23-21-33(26-41(39)47-40)43-35-15-8-7-14-34(35)42(32-19-18-29-12-5-6-13-30(29)24-32)36-22-20-31(25-37(36)43)28-10-3-2-4-11-28;1-25-41-34-19-10-20-36-40(34)42(25)35-22-21-28(24-37(35)43-36)27-13-9-14-29(23-27)39-32-17-7-5-15-30(32)38(26-11-3-2-4-12-26)31-16-6-8-18-33(31)39;1-25-41-34-16-9-17-36-40(34)42(25)35-23-22-29(24-37(35)43-36)26-18-20-28(21-19-26)39-32-14-7-5-12-30(32)38(27-10-3-2-4-11-27)31-13-6-8-15-33(31)39/h2-26H,1H3;2*2-24H,1H3. The first kappa shape index (κ1) is 76.7. The summed E-state index contributed by atoms with van der Waals surface area (Å²) in [5.74, 6) is 7.90. The summed E-state index contributed by atoms with van der Waals surface area (Å²) in [6.45, 7) is 6.16. The van der Waals surface area contributed by atoms with Gasteiger partial charge in [-0.15, -0.1) is 0 Å². The molecule has 0 saturated carbocycles. The van der Waals surface area contributed by atoms with Crippen molar-refractivity contribution in [1.29, 1.82) is 0 Å². The fourth-order valence-electron chi connectivity index (χ4n) is 21.3. The van der Waals surface area contributed by atoms with E-state index in [1.807, 2.05) is 68.4 Å². The van der Waals surface area contributed by atoms with Gasteiger partial charge in [0.05, 0.1) is 33.6 Å². The number of ether oxygens (including phenoxy) is 3. The highest BCUT2D eigenvalue weighted by Gasteiger charge is 2.30. The summed E-state index contributed by atoms with van der Waals surface area (Å²) < 4.78 is 26.1. The molecular formula is C124H80N6O3. The zero-order valence-electron chi connectivity index (χ0n) is 72.9. The molecule has 0 saturated heterocycles. The van der Waals surface area contributed by atoms with Crippen LogP contribution < -0.4 is 14.2 Å². The van der Waals surface area contributed by atoms with Crippen LogP contribution in [0.15, 0.2) is 431 Å². The monoisotopic (exact) mass is 1700 g/mol. The predicted octanol–water partition coefficient (Wildman–Crippen LogP) is 33.4. The van der Waals surface area contributed by atoms with E-state index < -0.39 is 0 Å². The van der Waals surface area contributed by atoms with Crippen molar-refractivity contribution in [2.24, 2.45) is 0 Å². The second-order valence-corrected chi connectivity index (χ2v) is 34.8. The van der Waals surface area contributed by atoms with E-state index in [2.05, 4.69) is 397 Å². The summed E-state index contributed by atoms with van der Waals surface area (Å²) in [4.78, 5) is 14.3. The van der Waals surface area contributed by atoms with E-state index in [1.165, 1.54) is 148 Å². The molecule has 0 unspecified atom stereocenters. The third kappa shape index (κ3) is 12.6. The molecule has 0 bridgehead atoms. The summed E-state index contributed by atoms with van der Waals surface area (Å²) in [6, 6.07) is 154. The second-order valence-electron chi connectivity index (χ2n) is 34.8. The van der Waals surface area contributed by atoms with E-state index in [9.17, 15) is 0 Å². The first-order chi connectivity index (χ1) is 65.7. The Morgan fingerprint density at radius 1 is 0.165 bits per heavy atom. The van der Waals surface area contributed by atoms with Gasteiger partial charge >= 0.3 is 0 Å². The molecule has 0 fully saturated rings. The van der Waals surface area contributed by atoms with E-state index in [1.54, 1.807) is 0 Å². The Morgan fingerprint density at radius 3 is 0.850 bits per heavy atom. The third-order valence-electron chi connectivity index (χ3n) is 27.1. The number of hydrogen-bond acceptors (Lipinski definition) is 6. The van der Waals surface area contributed by atoms with E-state index in [0.29, 0.717) is 0 Å². The lowest BCUT2D eigenvalue weighted by atomic mass is 9.84. The Balaban J connectivity index is 0.000000104. The van der Waals surface area contributed by atoms with Crippen LogP contribution in [0.1, 0.15) is 17.5 Å². The van der Waals surface area contributed by atoms with E-state index in [0.717, 1.165) is 130 Å². The summed E-state index contributed by atoms with van der Waals surface area (Å²) in [6.07, 6.45) is 0. The maximum Gasteiger partial charge on any atom is 0.153 e. The third-order valence-corrected chi connectivity index (χ3v) is 27.1. The molecule has 0 atom stereocenters. The fourth-order valence-corrected chi connectivity index (χ4v) is 21.3. The van der Waals surface area contributed by atoms with Crippen LogP contribution in [0.5, 0.6) is 34.5 Å². The number of para-hydroxylation sites is 3. The average molecular weight is 1700 g/mol. The largest absolute Gasteiger partial charge is 0.453 e. The van der Waals surface area contributed by atoms with Crippen LogP contribution in [-0.4, -0.2) is 28.7 Å². The van der Waals surface area contributed by atoms with Crippen molar-refractivity contribution in [2.75, 3.05) is 0 Å². The van der Waals surface area contributed by atoms with Gasteiger partial charge in [0.25, 0.3) is 0 Å². The Morgan fingerprint density at radius 2 is 0.421 bits per heavy atom. The average Bonchev–Trinajstić information content (AvgIpc) is 1.67. The van der Waals surface area contributed by atoms with Crippen molar-refractivity contribution in [3.63, 3.8) is 0 Å². The summed E-state index contributed by atoms with van der Waals surface area (Å²) in [5.41, 5.74) is 30.7. The van der Waals surface area contributed by atoms with Gasteiger partial charge in [0, 0.05) is 0 Å². The van der Waals surface area contributed by atoms with Crippen LogP contribution in [0.4, 0.5) is 0 Å². The predicted molar refractivity (Wildman–Crippen MR) is 549 cm³/mol. The first-order valence-electron chi connectivity index (χ1n) is 45.3. The van der Waals surface area contributed by atoms with E-state index >= 15 is 0 Å². The number of aryl methyl sites for hydroxylation is 3. The molecule has 3 aliphatic rings. The van der Waals surface area contributed by atoms with Crippen LogP contribution >= 0.6 is 0 Å². The molecule has 28 rings (SSSR count). The number of rotatable bonds is 9. The topological polar surface area (TPSA) is 81.1 Å². The van der Waals surface area contributed by atoms with Gasteiger partial charge in [-0.1, -0.05) is 340 Å². The molecule has 9 heteroatoms. The smallest absolute Gasteiger partial charge is 0.153 e. The lowest BCUT2D eigenvalue weighted by Gasteiger charge is -2.23. The molecule has 0 aliphatic carbocycles. The van der Waals surface area contributed by atoms with Gasteiger partial charge in [-0.2, -0.15) is 0 Å². The van der Waals surface area contributed by atoms with Crippen LogP contribution in [0.3, 0.4) is 0 Å². The van der Waals surface area contributed by atoms with Crippen molar-refractivity contribution in [3.8, 4) is 152 Å². The van der Waals surface area contributed by atoms with Gasteiger partial charge in [0.1, 0.15) is 34.0 Å². The minimum atomic E-state index is 0.832. The lowest BCUT2D eigenvalue weighted by Crippen LogP contribution is -2.05. The fraction of sp³-hybridized carbons (Fsp3) is 0.0242. The minimum Gasteiger partial charge on any atom is -0.453 e. The van der Waals surface area contributed by atoms with Crippen LogP contribution in [0.25, 0.3) is 226 Å². The van der Waals surface area contributed by atoms with Crippen molar-refractivity contribution >= 4 is 109 Å². The maximum absolute atomic E-state index is 6.62. The molecule has 133 heavy (non-hydrogen) atoms. The Hall–Kier alpha value is -17.5. The lowest BCUT2D eigenvalue weighted by molar-refractivity contribution is 0.475. The molecule has 0 radical (unpaired) electrons. The van der Waals surface area contributed by atoms with Gasteiger partial charge < -0.3 is 14.2 Å². The van der Waals surface area contributed by atoms with Gasteiger partial charge in [0.15, 0.2) is 34.5 Å². The molecule has 0 spiro atoms. The Bertz CT molecular complexity index is 9020. The minimum absolute atomic E-state index is 0.832. The van der Waals surface area contributed by atoms with Crippen molar-refractivity contribution in [1.82, 2.24) is 28.7 Å². The molecule has 0 N–H and O–H groups in total. The summed E-state index contributed by atoms with van der Waals surface area (Å²) in [5, 5.41) is 17.4. The van der Waals surface area contributed by atoms with Crippen molar-refractivity contribution in [2.45, 2.75) is 20.8 Å². The zero-order valence-corrected chi connectivity index (χ0v) is 72.9. The van der Waals surface area contributed by atoms with Crippen LogP contribution in [0.2, 0.25) is 0 Å². The molecule has 3 aliphatic heterocycles. The van der Waals surface area contributed by atoms with Crippen LogP contribution in [-0.2, 0) is 0 Å². The molecular weight excluding hydrogens is 1620 g/mol. The second kappa shape index (κ2) is 30.9. The van der Waals surface area contributed by atoms with E-state index in [-0.39, 0.29) is 0 Å². The molecule has 6 heterocycles. The molecule has 3 aromatic heterocycles. The molecule has 9 nitrogen and oxygen atoms in total. The summed E-state index contributed by atoms with van der Waals surface area (Å²) >= 11 is 0.